The zero-order valence-corrected chi connectivity index (χ0v) is 13.3. The highest BCUT2D eigenvalue weighted by molar-refractivity contribution is 6.08. The quantitative estimate of drug-likeness (QED) is 0.540. The molecule has 0 atom stereocenters. The van der Waals surface area contributed by atoms with Crippen molar-refractivity contribution in [1.29, 1.82) is 0 Å². The largest absolute Gasteiger partial charge is 0.299 e. The fourth-order valence-corrected chi connectivity index (χ4v) is 2.43. The second-order valence-electron chi connectivity index (χ2n) is 5.52. The molecule has 2 nitrogen and oxygen atoms in total. The lowest BCUT2D eigenvalue weighted by Crippen LogP contribution is -2.07. The zero-order valence-electron chi connectivity index (χ0n) is 13.3. The zero-order chi connectivity index (χ0) is 15.9. The maximum Gasteiger partial charge on any atom is 0.170 e. The van der Waals surface area contributed by atoms with E-state index in [2.05, 4.69) is 31.2 Å². The van der Waals surface area contributed by atoms with E-state index >= 15 is 0 Å². The molecule has 0 spiro atoms. The Morgan fingerprint density at radius 1 is 0.818 bits per heavy atom. The number of ketones is 2. The van der Waals surface area contributed by atoms with Crippen molar-refractivity contribution in [2.24, 2.45) is 0 Å². The van der Waals surface area contributed by atoms with E-state index in [0.717, 1.165) is 24.0 Å². The van der Waals surface area contributed by atoms with Crippen LogP contribution in [0.25, 0.3) is 11.1 Å². The first kappa shape index (κ1) is 16.2. The molecule has 0 aromatic heterocycles. The van der Waals surface area contributed by atoms with Crippen molar-refractivity contribution < 1.29 is 9.59 Å². The lowest BCUT2D eigenvalue weighted by molar-refractivity contribution is -0.118. The number of Topliss-reactive ketones (excluding diaryl/α,β-unsaturated/α-hetero) is 2. The van der Waals surface area contributed by atoms with Crippen LogP contribution in [-0.2, 0) is 11.2 Å². The molecule has 0 heterocycles. The summed E-state index contributed by atoms with van der Waals surface area (Å²) in [5, 5.41) is 0. The Bertz CT molecular complexity index is 636. The van der Waals surface area contributed by atoms with Gasteiger partial charge in [-0.3, -0.25) is 9.59 Å². The Balaban J connectivity index is 2.09. The standard InChI is InChI=1S/C20H22O2/c1-3-5-19(21)14-20(22)18-12-10-17(11-13-18)16-8-6-15(4-2)7-9-16/h6-13H,3-5,14H2,1-2H3. The molecule has 0 unspecified atom stereocenters. The Morgan fingerprint density at radius 3 is 1.86 bits per heavy atom. The molecule has 0 N–H and O–H groups in total. The Kier molecular flexibility index (Phi) is 5.65. The molecule has 0 saturated heterocycles. The molecule has 2 aromatic rings. The fraction of sp³-hybridized carbons (Fsp3) is 0.300. The summed E-state index contributed by atoms with van der Waals surface area (Å²) in [5.41, 5.74) is 4.14. The van der Waals surface area contributed by atoms with Gasteiger partial charge >= 0.3 is 0 Å². The van der Waals surface area contributed by atoms with Crippen molar-refractivity contribution in [3.63, 3.8) is 0 Å². The summed E-state index contributed by atoms with van der Waals surface area (Å²) in [4.78, 5) is 23.6. The Morgan fingerprint density at radius 2 is 1.36 bits per heavy atom. The van der Waals surface area contributed by atoms with Crippen LogP contribution in [0.4, 0.5) is 0 Å². The molecule has 0 aliphatic heterocycles. The summed E-state index contributed by atoms with van der Waals surface area (Å²) in [5.74, 6) is -0.0712. The molecule has 22 heavy (non-hydrogen) atoms. The summed E-state index contributed by atoms with van der Waals surface area (Å²) in [6, 6.07) is 15.9. The first-order valence-electron chi connectivity index (χ1n) is 7.88. The van der Waals surface area contributed by atoms with Crippen molar-refractivity contribution in [2.45, 2.75) is 39.5 Å². The minimum atomic E-state index is -0.0914. The van der Waals surface area contributed by atoms with Crippen molar-refractivity contribution >= 4 is 11.6 Å². The molecule has 2 aromatic carbocycles. The van der Waals surface area contributed by atoms with Gasteiger partial charge in [0.2, 0.25) is 0 Å². The number of hydrogen-bond acceptors (Lipinski definition) is 2. The first-order chi connectivity index (χ1) is 10.6. The van der Waals surface area contributed by atoms with Crippen molar-refractivity contribution in [1.82, 2.24) is 0 Å². The van der Waals surface area contributed by atoms with Crippen LogP contribution in [0.2, 0.25) is 0 Å². The van der Waals surface area contributed by atoms with Crippen LogP contribution in [0.15, 0.2) is 48.5 Å². The number of carbonyl (C=O) groups is 2. The van der Waals surface area contributed by atoms with Crippen LogP contribution in [0.1, 0.15) is 49.0 Å². The van der Waals surface area contributed by atoms with Crippen LogP contribution in [0.5, 0.6) is 0 Å². The van der Waals surface area contributed by atoms with Gasteiger partial charge in [0, 0.05) is 12.0 Å². The van der Waals surface area contributed by atoms with Crippen LogP contribution in [0.3, 0.4) is 0 Å². The van der Waals surface area contributed by atoms with E-state index in [0.29, 0.717) is 12.0 Å². The van der Waals surface area contributed by atoms with Crippen molar-refractivity contribution in [3.8, 4) is 11.1 Å². The van der Waals surface area contributed by atoms with E-state index in [4.69, 9.17) is 0 Å². The molecule has 2 heteroatoms. The predicted octanol–water partition coefficient (Wildman–Crippen LogP) is 4.86. The third-order valence-electron chi connectivity index (χ3n) is 3.79. The van der Waals surface area contributed by atoms with E-state index in [-0.39, 0.29) is 18.0 Å². The van der Waals surface area contributed by atoms with Gasteiger partial charge in [-0.25, -0.2) is 0 Å². The molecule has 0 radical (unpaired) electrons. The second kappa shape index (κ2) is 7.69. The van der Waals surface area contributed by atoms with Crippen molar-refractivity contribution in [2.75, 3.05) is 0 Å². The Labute approximate surface area is 132 Å². The van der Waals surface area contributed by atoms with E-state index in [1.54, 1.807) is 0 Å². The van der Waals surface area contributed by atoms with Crippen LogP contribution >= 0.6 is 0 Å². The molecule has 0 aliphatic carbocycles. The van der Waals surface area contributed by atoms with Gasteiger partial charge < -0.3 is 0 Å². The number of carbonyl (C=O) groups excluding carboxylic acids is 2. The average molecular weight is 294 g/mol. The third kappa shape index (κ3) is 4.14. The monoisotopic (exact) mass is 294 g/mol. The van der Waals surface area contributed by atoms with Gasteiger partial charge in [0.25, 0.3) is 0 Å². The summed E-state index contributed by atoms with van der Waals surface area (Å²) in [6.45, 7) is 4.08. The van der Waals surface area contributed by atoms with E-state index in [1.165, 1.54) is 5.56 Å². The number of aryl methyl sites for hydroxylation is 1. The lowest BCUT2D eigenvalue weighted by Gasteiger charge is -2.05. The first-order valence-corrected chi connectivity index (χ1v) is 7.88. The second-order valence-corrected chi connectivity index (χ2v) is 5.52. The molecule has 0 aliphatic rings. The third-order valence-corrected chi connectivity index (χ3v) is 3.79. The number of hydrogen-bond donors (Lipinski definition) is 0. The molecule has 0 amide bonds. The molecular formula is C20H22O2. The molecule has 0 saturated carbocycles. The molecule has 114 valence electrons. The summed E-state index contributed by atoms with van der Waals surface area (Å²) >= 11 is 0. The van der Waals surface area contributed by atoms with Gasteiger partial charge in [0.05, 0.1) is 6.42 Å². The van der Waals surface area contributed by atoms with E-state index in [1.807, 2.05) is 31.2 Å². The maximum atomic E-state index is 12.0. The minimum absolute atomic E-state index is 0.0123. The smallest absolute Gasteiger partial charge is 0.170 e. The molecule has 2 rings (SSSR count). The highest BCUT2D eigenvalue weighted by atomic mass is 16.1. The van der Waals surface area contributed by atoms with Gasteiger partial charge in [-0.15, -0.1) is 0 Å². The van der Waals surface area contributed by atoms with Gasteiger partial charge in [-0.1, -0.05) is 62.4 Å². The minimum Gasteiger partial charge on any atom is -0.299 e. The van der Waals surface area contributed by atoms with Crippen molar-refractivity contribution in [3.05, 3.63) is 59.7 Å². The lowest BCUT2D eigenvalue weighted by atomic mass is 9.99. The van der Waals surface area contributed by atoms with Crippen LogP contribution < -0.4 is 0 Å². The highest BCUT2D eigenvalue weighted by Crippen LogP contribution is 2.21. The Hall–Kier alpha value is -2.22. The fourth-order valence-electron chi connectivity index (χ4n) is 2.43. The van der Waals surface area contributed by atoms with E-state index < -0.39 is 0 Å². The average Bonchev–Trinajstić information content (AvgIpc) is 2.55. The van der Waals surface area contributed by atoms with Gasteiger partial charge in [-0.05, 0) is 29.5 Å². The number of benzene rings is 2. The van der Waals surface area contributed by atoms with E-state index in [9.17, 15) is 9.59 Å². The summed E-state index contributed by atoms with van der Waals surface area (Å²) < 4.78 is 0. The molecular weight excluding hydrogens is 272 g/mol. The van der Waals surface area contributed by atoms with Crippen LogP contribution in [-0.4, -0.2) is 11.6 Å². The molecule has 0 bridgehead atoms. The normalized spacial score (nSPS) is 10.5. The summed E-state index contributed by atoms with van der Waals surface area (Å²) in [7, 11) is 0. The van der Waals surface area contributed by atoms with Gasteiger partial charge in [0.1, 0.15) is 5.78 Å². The predicted molar refractivity (Wildman–Crippen MR) is 90.1 cm³/mol. The molecule has 0 fully saturated rings. The topological polar surface area (TPSA) is 34.1 Å². The van der Waals surface area contributed by atoms with Crippen LogP contribution in [0, 0.1) is 0 Å². The van der Waals surface area contributed by atoms with Gasteiger partial charge in [-0.2, -0.15) is 0 Å². The maximum absolute atomic E-state index is 12.0. The highest BCUT2D eigenvalue weighted by Gasteiger charge is 2.11. The number of rotatable bonds is 7. The van der Waals surface area contributed by atoms with Gasteiger partial charge in [0.15, 0.2) is 5.78 Å². The SMILES string of the molecule is CCCC(=O)CC(=O)c1ccc(-c2ccc(CC)cc2)cc1. The summed E-state index contributed by atoms with van der Waals surface area (Å²) in [6.07, 6.45) is 2.31.